The highest BCUT2D eigenvalue weighted by molar-refractivity contribution is 5.92. The molecular formula is C26H38N4O2. The Bertz CT molecular complexity index is 928. The number of carbonyl (C=O) groups is 1. The van der Waals surface area contributed by atoms with E-state index in [0.29, 0.717) is 24.2 Å². The molecule has 6 nitrogen and oxygen atoms in total. The summed E-state index contributed by atoms with van der Waals surface area (Å²) in [4.78, 5) is 19.9. The summed E-state index contributed by atoms with van der Waals surface area (Å²) in [6, 6.07) is 5.16. The molecule has 174 valence electrons. The lowest BCUT2D eigenvalue weighted by molar-refractivity contribution is 0.0944. The maximum Gasteiger partial charge on any atom is 0.271 e. The highest BCUT2D eigenvalue weighted by atomic mass is 16.5. The van der Waals surface area contributed by atoms with Crippen LogP contribution in [0.25, 0.3) is 0 Å². The maximum atomic E-state index is 12.7. The molecule has 0 bridgehead atoms. The molecule has 0 spiro atoms. The number of nitrogens with one attached hydrogen (secondary N) is 1. The number of imidazole rings is 1. The van der Waals surface area contributed by atoms with Gasteiger partial charge in [0.05, 0.1) is 7.11 Å². The molecule has 2 unspecified atom stereocenters. The minimum atomic E-state index is -0.0497. The lowest BCUT2D eigenvalue weighted by atomic mass is 9.89. The van der Waals surface area contributed by atoms with Gasteiger partial charge in [-0.1, -0.05) is 18.6 Å². The van der Waals surface area contributed by atoms with Gasteiger partial charge in [-0.15, -0.1) is 0 Å². The number of hydrogen-bond acceptors (Lipinski definition) is 4. The summed E-state index contributed by atoms with van der Waals surface area (Å²) in [5.41, 5.74) is 4.25. The van der Waals surface area contributed by atoms with Crippen LogP contribution in [-0.4, -0.2) is 53.1 Å². The molecule has 3 heterocycles. The number of amides is 1. The number of piperidine rings is 1. The van der Waals surface area contributed by atoms with E-state index in [0.717, 1.165) is 43.9 Å². The molecule has 1 aromatic heterocycles. The molecule has 0 saturated carbocycles. The Hall–Kier alpha value is -2.34. The zero-order valence-corrected chi connectivity index (χ0v) is 20.1. The minimum Gasteiger partial charge on any atom is -0.496 e. The van der Waals surface area contributed by atoms with E-state index in [1.54, 1.807) is 7.11 Å². The van der Waals surface area contributed by atoms with Crippen LogP contribution in [0.3, 0.4) is 0 Å². The van der Waals surface area contributed by atoms with Crippen molar-refractivity contribution in [2.45, 2.75) is 77.8 Å². The lowest BCUT2D eigenvalue weighted by Gasteiger charge is -2.33. The molecule has 1 saturated heterocycles. The quantitative estimate of drug-likeness (QED) is 0.657. The van der Waals surface area contributed by atoms with Crippen molar-refractivity contribution in [1.29, 1.82) is 0 Å². The van der Waals surface area contributed by atoms with Gasteiger partial charge in [0, 0.05) is 44.2 Å². The third-order valence-electron chi connectivity index (χ3n) is 7.23. The van der Waals surface area contributed by atoms with Gasteiger partial charge in [0.1, 0.15) is 17.3 Å². The second-order valence-electron chi connectivity index (χ2n) is 9.61. The number of hydrogen-bond donors (Lipinski definition) is 1. The fourth-order valence-electron chi connectivity index (χ4n) is 5.43. The van der Waals surface area contributed by atoms with E-state index in [1.165, 1.54) is 42.5 Å². The average molecular weight is 439 g/mol. The van der Waals surface area contributed by atoms with Gasteiger partial charge in [0.15, 0.2) is 0 Å². The van der Waals surface area contributed by atoms with Crippen LogP contribution >= 0.6 is 0 Å². The number of benzene rings is 1. The number of rotatable bonds is 7. The normalized spacial score (nSPS) is 21.2. The van der Waals surface area contributed by atoms with Gasteiger partial charge in [0.2, 0.25) is 0 Å². The molecule has 32 heavy (non-hydrogen) atoms. The number of likely N-dealkylation sites (tertiary alicyclic amines) is 1. The molecule has 1 amide bonds. The van der Waals surface area contributed by atoms with E-state index in [1.807, 2.05) is 6.20 Å². The number of nitrogens with zero attached hydrogens (tertiary/aromatic N) is 3. The summed E-state index contributed by atoms with van der Waals surface area (Å²) >= 11 is 0. The molecule has 2 aliphatic rings. The average Bonchev–Trinajstić information content (AvgIpc) is 3.21. The fraction of sp³-hybridized carbons (Fsp3) is 0.615. The Labute approximate surface area is 192 Å². The second-order valence-corrected chi connectivity index (χ2v) is 9.61. The Morgan fingerprint density at radius 1 is 1.22 bits per heavy atom. The Morgan fingerprint density at radius 3 is 2.72 bits per heavy atom. The molecule has 2 aliphatic heterocycles. The number of aryl methyl sites for hydroxylation is 3. The first-order chi connectivity index (χ1) is 15.5. The molecule has 1 aromatic carbocycles. The van der Waals surface area contributed by atoms with Crippen LogP contribution in [0.4, 0.5) is 0 Å². The van der Waals surface area contributed by atoms with Gasteiger partial charge in [0.25, 0.3) is 5.91 Å². The number of carbonyl (C=O) groups excluding carboxylic acids is 1. The number of methoxy groups -OCH3 is 1. The molecule has 0 radical (unpaired) electrons. The fourth-order valence-corrected chi connectivity index (χ4v) is 5.43. The molecule has 1 N–H and O–H groups in total. The van der Waals surface area contributed by atoms with Crippen molar-refractivity contribution in [2.24, 2.45) is 0 Å². The largest absolute Gasteiger partial charge is 0.496 e. The van der Waals surface area contributed by atoms with Crippen LogP contribution in [0.5, 0.6) is 5.75 Å². The van der Waals surface area contributed by atoms with Crippen LogP contribution < -0.4 is 10.1 Å². The first-order valence-corrected chi connectivity index (χ1v) is 12.2. The van der Waals surface area contributed by atoms with Gasteiger partial charge in [-0.2, -0.15) is 0 Å². The van der Waals surface area contributed by atoms with Crippen molar-refractivity contribution in [3.05, 3.63) is 46.5 Å². The lowest BCUT2D eigenvalue weighted by Crippen LogP contribution is -2.39. The van der Waals surface area contributed by atoms with Crippen molar-refractivity contribution in [3.8, 4) is 5.75 Å². The van der Waals surface area contributed by atoms with Crippen molar-refractivity contribution < 1.29 is 9.53 Å². The monoisotopic (exact) mass is 438 g/mol. The van der Waals surface area contributed by atoms with Crippen molar-refractivity contribution in [3.63, 3.8) is 0 Å². The zero-order valence-electron chi connectivity index (χ0n) is 20.1. The molecule has 2 atom stereocenters. The number of aromatic nitrogens is 2. The predicted octanol–water partition coefficient (Wildman–Crippen LogP) is 4.23. The Morgan fingerprint density at radius 2 is 2.00 bits per heavy atom. The van der Waals surface area contributed by atoms with Gasteiger partial charge >= 0.3 is 0 Å². The van der Waals surface area contributed by atoms with Gasteiger partial charge in [-0.25, -0.2) is 4.98 Å². The summed E-state index contributed by atoms with van der Waals surface area (Å²) in [7, 11) is 1.73. The van der Waals surface area contributed by atoms with Gasteiger partial charge in [-0.05, 0) is 69.7 Å². The SMILES string of the molecule is COc1c(C)cc(C2CCc3nc(C(=O)NCCCN4CCCCC4C)cn3C2)cc1C. The van der Waals surface area contributed by atoms with E-state index < -0.39 is 0 Å². The Kier molecular flexibility index (Phi) is 7.19. The third-order valence-corrected chi connectivity index (χ3v) is 7.23. The standard InChI is InChI=1S/C26H38N4O2/c1-18-14-22(15-19(2)25(18)32-4)21-9-10-24-28-23(17-30(24)16-21)26(31)27-11-7-13-29-12-6-5-8-20(29)3/h14-15,17,20-21H,5-13,16H2,1-4H3,(H,27,31). The molecule has 6 heteroatoms. The predicted molar refractivity (Wildman–Crippen MR) is 128 cm³/mol. The minimum absolute atomic E-state index is 0.0497. The van der Waals surface area contributed by atoms with E-state index in [-0.39, 0.29) is 5.91 Å². The molecular weight excluding hydrogens is 400 g/mol. The Balaban J connectivity index is 1.32. The van der Waals surface area contributed by atoms with Crippen molar-refractivity contribution in [2.75, 3.05) is 26.7 Å². The molecule has 1 fully saturated rings. The second kappa shape index (κ2) is 10.1. The number of ether oxygens (including phenoxy) is 1. The highest BCUT2D eigenvalue weighted by Gasteiger charge is 2.24. The molecule has 2 aromatic rings. The zero-order chi connectivity index (χ0) is 22.7. The van der Waals surface area contributed by atoms with E-state index in [2.05, 4.69) is 52.7 Å². The smallest absolute Gasteiger partial charge is 0.271 e. The van der Waals surface area contributed by atoms with E-state index in [4.69, 9.17) is 4.74 Å². The van der Waals surface area contributed by atoms with Crippen LogP contribution in [0.2, 0.25) is 0 Å². The first-order valence-electron chi connectivity index (χ1n) is 12.2. The van der Waals surface area contributed by atoms with E-state index in [9.17, 15) is 4.79 Å². The van der Waals surface area contributed by atoms with Crippen LogP contribution in [0.15, 0.2) is 18.3 Å². The molecule has 4 rings (SSSR count). The third kappa shape index (κ3) is 5.01. The highest BCUT2D eigenvalue weighted by Crippen LogP contribution is 2.33. The summed E-state index contributed by atoms with van der Waals surface area (Å²) in [5, 5.41) is 3.08. The van der Waals surface area contributed by atoms with Gasteiger partial charge in [-0.3, -0.25) is 4.79 Å². The van der Waals surface area contributed by atoms with Crippen LogP contribution in [-0.2, 0) is 13.0 Å². The summed E-state index contributed by atoms with van der Waals surface area (Å²) < 4.78 is 7.70. The van der Waals surface area contributed by atoms with Crippen molar-refractivity contribution >= 4 is 5.91 Å². The van der Waals surface area contributed by atoms with Crippen LogP contribution in [0, 0.1) is 13.8 Å². The van der Waals surface area contributed by atoms with Crippen molar-refractivity contribution in [1.82, 2.24) is 19.8 Å². The summed E-state index contributed by atoms with van der Waals surface area (Å²) in [6.07, 6.45) is 8.82. The van der Waals surface area contributed by atoms with Gasteiger partial charge < -0.3 is 19.5 Å². The molecule has 0 aliphatic carbocycles. The summed E-state index contributed by atoms with van der Waals surface area (Å²) in [6.45, 7) is 10.4. The van der Waals surface area contributed by atoms with E-state index >= 15 is 0 Å². The van der Waals surface area contributed by atoms with Crippen LogP contribution in [0.1, 0.15) is 77.9 Å². The topological polar surface area (TPSA) is 59.4 Å². The summed E-state index contributed by atoms with van der Waals surface area (Å²) in [5.74, 6) is 2.38. The first kappa shape index (κ1) is 22.8. The maximum absolute atomic E-state index is 12.7. The number of fused-ring (bicyclic) bond motifs is 1.